The third-order valence-electron chi connectivity index (χ3n) is 4.78. The smallest absolute Gasteiger partial charge is 0.311 e. The van der Waals surface area contributed by atoms with E-state index in [1.165, 1.54) is 30.2 Å². The van der Waals surface area contributed by atoms with E-state index in [0.717, 1.165) is 0 Å². The first-order valence-electron chi connectivity index (χ1n) is 10.2. The molecule has 0 aromatic heterocycles. The zero-order valence-electron chi connectivity index (χ0n) is 18.5. The maximum Gasteiger partial charge on any atom is 0.311 e. The van der Waals surface area contributed by atoms with E-state index in [0.29, 0.717) is 28.6 Å². The second-order valence-electron chi connectivity index (χ2n) is 6.97. The number of nitrogens with zero attached hydrogens (tertiary/aromatic N) is 2. The average Bonchev–Trinajstić information content (AvgIpc) is 2.79. The standard InChI is InChI=1S/C22H25Cl2N3O6/c1-4-18(22(29)25-5-2)26(12-14-6-8-16(23)17(24)10-14)21(28)13-33-15-7-9-19(27(30)31)20(11-15)32-3/h6-11,18H,4-5,12-13H2,1-3H3,(H,25,29). The largest absolute Gasteiger partial charge is 0.490 e. The lowest BCUT2D eigenvalue weighted by Crippen LogP contribution is -2.50. The monoisotopic (exact) mass is 497 g/mol. The van der Waals surface area contributed by atoms with Gasteiger partial charge in [0.05, 0.1) is 22.1 Å². The molecule has 0 radical (unpaired) electrons. The van der Waals surface area contributed by atoms with Crippen LogP contribution in [0.25, 0.3) is 0 Å². The van der Waals surface area contributed by atoms with Crippen molar-refractivity contribution in [2.24, 2.45) is 0 Å². The number of methoxy groups -OCH3 is 1. The summed E-state index contributed by atoms with van der Waals surface area (Å²) in [5.74, 6) is -0.514. The summed E-state index contributed by atoms with van der Waals surface area (Å²) >= 11 is 12.1. The van der Waals surface area contributed by atoms with Crippen LogP contribution in [0.1, 0.15) is 25.8 Å². The Labute approximate surface area is 201 Å². The minimum Gasteiger partial charge on any atom is -0.490 e. The van der Waals surface area contributed by atoms with Crippen molar-refractivity contribution in [1.29, 1.82) is 0 Å². The average molecular weight is 498 g/mol. The lowest BCUT2D eigenvalue weighted by molar-refractivity contribution is -0.385. The fourth-order valence-corrected chi connectivity index (χ4v) is 3.49. The molecule has 33 heavy (non-hydrogen) atoms. The molecule has 1 N–H and O–H groups in total. The molecule has 0 saturated heterocycles. The predicted octanol–water partition coefficient (Wildman–Crippen LogP) is 4.23. The number of benzene rings is 2. The molecular weight excluding hydrogens is 473 g/mol. The summed E-state index contributed by atoms with van der Waals surface area (Å²) in [4.78, 5) is 37.6. The number of hydrogen-bond acceptors (Lipinski definition) is 6. The minimum absolute atomic E-state index is 0.00590. The van der Waals surface area contributed by atoms with E-state index in [-0.39, 0.29) is 29.6 Å². The third-order valence-corrected chi connectivity index (χ3v) is 5.52. The first-order valence-corrected chi connectivity index (χ1v) is 10.9. The van der Waals surface area contributed by atoms with Gasteiger partial charge in [0.2, 0.25) is 11.7 Å². The number of amides is 2. The molecule has 0 aliphatic carbocycles. The summed E-state index contributed by atoms with van der Waals surface area (Å²) in [6, 6.07) is 8.18. The van der Waals surface area contributed by atoms with Crippen LogP contribution >= 0.6 is 23.2 Å². The molecule has 0 spiro atoms. The molecule has 2 rings (SSSR count). The molecule has 2 amide bonds. The summed E-state index contributed by atoms with van der Waals surface area (Å²) in [7, 11) is 1.30. The van der Waals surface area contributed by atoms with E-state index >= 15 is 0 Å². The van der Waals surface area contributed by atoms with Crippen molar-refractivity contribution in [2.45, 2.75) is 32.9 Å². The van der Waals surface area contributed by atoms with Crippen LogP contribution in [0.15, 0.2) is 36.4 Å². The SMILES string of the molecule is CCNC(=O)C(CC)N(Cc1ccc(Cl)c(Cl)c1)C(=O)COc1ccc([N+](=O)[O-])c(OC)c1. The molecular formula is C22H25Cl2N3O6. The van der Waals surface area contributed by atoms with E-state index in [9.17, 15) is 19.7 Å². The number of nitro benzene ring substituents is 1. The molecule has 1 unspecified atom stereocenters. The molecule has 0 fully saturated rings. The van der Waals surface area contributed by atoms with Crippen LogP contribution in [0.3, 0.4) is 0 Å². The highest BCUT2D eigenvalue weighted by molar-refractivity contribution is 6.42. The van der Waals surface area contributed by atoms with Gasteiger partial charge in [0.15, 0.2) is 6.61 Å². The number of hydrogen-bond donors (Lipinski definition) is 1. The van der Waals surface area contributed by atoms with Crippen LogP contribution in [-0.4, -0.2) is 47.9 Å². The molecule has 11 heteroatoms. The topological polar surface area (TPSA) is 111 Å². The van der Waals surface area contributed by atoms with Gasteiger partial charge in [0, 0.05) is 25.2 Å². The molecule has 0 aliphatic rings. The van der Waals surface area contributed by atoms with Gasteiger partial charge in [-0.2, -0.15) is 0 Å². The van der Waals surface area contributed by atoms with Crippen LogP contribution in [0.2, 0.25) is 10.0 Å². The Morgan fingerprint density at radius 1 is 1.15 bits per heavy atom. The van der Waals surface area contributed by atoms with Gasteiger partial charge in [0.25, 0.3) is 5.91 Å². The number of nitrogens with one attached hydrogen (secondary N) is 1. The van der Waals surface area contributed by atoms with Crippen LogP contribution in [-0.2, 0) is 16.1 Å². The summed E-state index contributed by atoms with van der Waals surface area (Å²) in [6.45, 7) is 3.73. The Morgan fingerprint density at radius 2 is 1.88 bits per heavy atom. The van der Waals surface area contributed by atoms with Gasteiger partial charge in [-0.05, 0) is 37.1 Å². The van der Waals surface area contributed by atoms with Crippen molar-refractivity contribution in [3.05, 3.63) is 62.1 Å². The van der Waals surface area contributed by atoms with Gasteiger partial charge in [-0.1, -0.05) is 36.2 Å². The van der Waals surface area contributed by atoms with E-state index in [2.05, 4.69) is 5.32 Å². The second-order valence-corrected chi connectivity index (χ2v) is 7.78. The number of carbonyl (C=O) groups excluding carboxylic acids is 2. The molecule has 1 atom stereocenters. The lowest BCUT2D eigenvalue weighted by atomic mass is 10.1. The van der Waals surface area contributed by atoms with Gasteiger partial charge in [-0.25, -0.2) is 0 Å². The van der Waals surface area contributed by atoms with Gasteiger partial charge >= 0.3 is 5.69 Å². The zero-order valence-corrected chi connectivity index (χ0v) is 20.0. The number of halogens is 2. The van der Waals surface area contributed by atoms with Gasteiger partial charge in [0.1, 0.15) is 11.8 Å². The highest BCUT2D eigenvalue weighted by atomic mass is 35.5. The van der Waals surface area contributed by atoms with E-state index < -0.39 is 23.5 Å². The van der Waals surface area contributed by atoms with E-state index in [1.807, 2.05) is 0 Å². The molecule has 0 bridgehead atoms. The maximum absolute atomic E-state index is 13.1. The fourth-order valence-electron chi connectivity index (χ4n) is 3.17. The minimum atomic E-state index is -0.734. The van der Waals surface area contributed by atoms with Crippen molar-refractivity contribution in [3.63, 3.8) is 0 Å². The number of likely N-dealkylation sites (N-methyl/N-ethyl adjacent to an activating group) is 1. The Morgan fingerprint density at radius 3 is 2.45 bits per heavy atom. The first-order chi connectivity index (χ1) is 15.7. The second kappa shape index (κ2) is 12.3. The summed E-state index contributed by atoms with van der Waals surface area (Å²) in [5.41, 5.74) is 0.470. The zero-order chi connectivity index (χ0) is 24.5. The van der Waals surface area contributed by atoms with Crippen molar-refractivity contribution in [1.82, 2.24) is 10.2 Å². The van der Waals surface area contributed by atoms with Crippen LogP contribution < -0.4 is 14.8 Å². The third kappa shape index (κ3) is 6.97. The molecule has 0 heterocycles. The summed E-state index contributed by atoms with van der Waals surface area (Å²) < 4.78 is 10.6. The van der Waals surface area contributed by atoms with Crippen LogP contribution in [0.4, 0.5) is 5.69 Å². The molecule has 178 valence electrons. The normalized spacial score (nSPS) is 11.4. The van der Waals surface area contributed by atoms with Crippen molar-refractivity contribution >= 4 is 40.7 Å². The fraction of sp³-hybridized carbons (Fsp3) is 0.364. The first kappa shape index (κ1) is 26.2. The van der Waals surface area contributed by atoms with E-state index in [4.69, 9.17) is 32.7 Å². The molecule has 2 aromatic rings. The Kier molecular flexibility index (Phi) is 9.74. The van der Waals surface area contributed by atoms with Crippen molar-refractivity contribution < 1.29 is 24.0 Å². The van der Waals surface area contributed by atoms with Crippen molar-refractivity contribution in [3.8, 4) is 11.5 Å². The van der Waals surface area contributed by atoms with Crippen LogP contribution in [0, 0.1) is 10.1 Å². The number of carbonyl (C=O) groups is 2. The highest BCUT2D eigenvalue weighted by Gasteiger charge is 2.29. The van der Waals surface area contributed by atoms with Gasteiger partial charge in [-0.15, -0.1) is 0 Å². The molecule has 0 saturated carbocycles. The molecule has 2 aromatic carbocycles. The summed E-state index contributed by atoms with van der Waals surface area (Å²) in [6.07, 6.45) is 0.379. The maximum atomic E-state index is 13.1. The Hall–Kier alpha value is -3.04. The summed E-state index contributed by atoms with van der Waals surface area (Å²) in [5, 5.41) is 14.5. The number of ether oxygens (including phenoxy) is 2. The predicted molar refractivity (Wildman–Crippen MR) is 125 cm³/mol. The van der Waals surface area contributed by atoms with Gasteiger partial charge in [-0.3, -0.25) is 19.7 Å². The van der Waals surface area contributed by atoms with Gasteiger partial charge < -0.3 is 19.7 Å². The highest BCUT2D eigenvalue weighted by Crippen LogP contribution is 2.31. The number of nitro groups is 1. The quantitative estimate of drug-likeness (QED) is 0.367. The van der Waals surface area contributed by atoms with E-state index in [1.54, 1.807) is 32.0 Å². The molecule has 9 nitrogen and oxygen atoms in total. The number of rotatable bonds is 11. The molecule has 0 aliphatic heterocycles. The Bertz CT molecular complexity index is 1020. The Balaban J connectivity index is 2.26. The lowest BCUT2D eigenvalue weighted by Gasteiger charge is -2.30. The van der Waals surface area contributed by atoms with Crippen molar-refractivity contribution in [2.75, 3.05) is 20.3 Å². The van der Waals surface area contributed by atoms with Crippen LogP contribution in [0.5, 0.6) is 11.5 Å².